The largest absolute Gasteiger partial charge is 0.333 e. The zero-order chi connectivity index (χ0) is 15.6. The molecule has 1 N–H and O–H groups in total. The van der Waals surface area contributed by atoms with Crippen LogP contribution >= 0.6 is 12.4 Å². The van der Waals surface area contributed by atoms with E-state index >= 15 is 0 Å². The van der Waals surface area contributed by atoms with E-state index < -0.39 is 0 Å². The molecule has 0 aromatic carbocycles. The molecule has 1 aliphatic heterocycles. The summed E-state index contributed by atoms with van der Waals surface area (Å²) in [4.78, 5) is 19.4. The molecule has 132 valence electrons. The summed E-state index contributed by atoms with van der Waals surface area (Å²) in [5, 5.41) is 3.43. The second-order valence-electron chi connectivity index (χ2n) is 7.44. The highest BCUT2D eigenvalue weighted by Gasteiger charge is 2.49. The Hall–Kier alpha value is -1.13. The van der Waals surface area contributed by atoms with Gasteiger partial charge in [0.2, 0.25) is 5.91 Å². The quantitative estimate of drug-likeness (QED) is 0.911. The number of carbonyl (C=O) groups excluding carboxylic acids is 1. The molecule has 2 saturated carbocycles. The summed E-state index contributed by atoms with van der Waals surface area (Å²) >= 11 is 0. The lowest BCUT2D eigenvalue weighted by Crippen LogP contribution is -2.49. The third-order valence-electron chi connectivity index (χ3n) is 6.01. The molecule has 5 heteroatoms. The monoisotopic (exact) mass is 349 g/mol. The first-order chi connectivity index (χ1) is 11.3. The molecule has 1 aromatic heterocycles. The van der Waals surface area contributed by atoms with Gasteiger partial charge < -0.3 is 10.2 Å². The van der Waals surface area contributed by atoms with Crippen LogP contribution in [-0.2, 0) is 4.79 Å². The smallest absolute Gasteiger partial charge is 0.226 e. The van der Waals surface area contributed by atoms with Crippen molar-refractivity contribution in [2.24, 2.45) is 17.8 Å². The van der Waals surface area contributed by atoms with Gasteiger partial charge in [-0.05, 0) is 29.9 Å². The highest BCUT2D eigenvalue weighted by Crippen LogP contribution is 2.50. The molecule has 1 aromatic rings. The minimum Gasteiger partial charge on any atom is -0.333 e. The van der Waals surface area contributed by atoms with Crippen LogP contribution in [0.5, 0.6) is 0 Å². The number of rotatable bonds is 3. The molecule has 24 heavy (non-hydrogen) atoms. The third-order valence-corrected chi connectivity index (χ3v) is 6.01. The average Bonchev–Trinajstić information content (AvgIpc) is 3.43. The Bertz CT molecular complexity index is 547. The van der Waals surface area contributed by atoms with Gasteiger partial charge in [0.1, 0.15) is 0 Å². The Morgan fingerprint density at radius 3 is 2.83 bits per heavy atom. The van der Waals surface area contributed by atoms with Crippen molar-refractivity contribution in [3.63, 3.8) is 0 Å². The number of pyridine rings is 1. The number of amides is 1. The molecule has 1 saturated heterocycles. The fourth-order valence-electron chi connectivity index (χ4n) is 4.63. The molecule has 3 fully saturated rings. The summed E-state index contributed by atoms with van der Waals surface area (Å²) in [6, 6.07) is 4.21. The molecule has 2 heterocycles. The summed E-state index contributed by atoms with van der Waals surface area (Å²) in [5.41, 5.74) is 1.16. The molecule has 4 nitrogen and oxygen atoms in total. The lowest BCUT2D eigenvalue weighted by atomic mass is 9.85. The van der Waals surface area contributed by atoms with Gasteiger partial charge in [-0.3, -0.25) is 9.78 Å². The normalized spacial score (nSPS) is 30.5. The molecule has 2 aliphatic carbocycles. The number of nitrogens with zero attached hydrogens (tertiary/aromatic N) is 2. The Morgan fingerprint density at radius 2 is 2.08 bits per heavy atom. The minimum atomic E-state index is 0. The van der Waals surface area contributed by atoms with Crippen LogP contribution in [0.3, 0.4) is 0 Å². The SMILES string of the molecule is Cl.O=C(C1CC1C1CCCCC1)N1CCNCC1c1cccnc1. The molecule has 1 amide bonds. The van der Waals surface area contributed by atoms with Gasteiger partial charge in [0.05, 0.1) is 6.04 Å². The number of carbonyl (C=O) groups is 1. The Morgan fingerprint density at radius 1 is 1.25 bits per heavy atom. The lowest BCUT2D eigenvalue weighted by Gasteiger charge is -2.37. The van der Waals surface area contributed by atoms with Crippen molar-refractivity contribution in [1.29, 1.82) is 0 Å². The number of aromatic nitrogens is 1. The zero-order valence-corrected chi connectivity index (χ0v) is 15.0. The third kappa shape index (κ3) is 3.60. The van der Waals surface area contributed by atoms with Crippen LogP contribution in [0, 0.1) is 17.8 Å². The lowest BCUT2D eigenvalue weighted by molar-refractivity contribution is -0.136. The van der Waals surface area contributed by atoms with Crippen LogP contribution in [0.4, 0.5) is 0 Å². The number of hydrogen-bond acceptors (Lipinski definition) is 3. The first-order valence-electron chi connectivity index (χ1n) is 9.25. The first kappa shape index (κ1) is 17.7. The zero-order valence-electron chi connectivity index (χ0n) is 14.2. The van der Waals surface area contributed by atoms with E-state index in [9.17, 15) is 4.79 Å². The summed E-state index contributed by atoms with van der Waals surface area (Å²) in [6.45, 7) is 2.58. The predicted molar refractivity (Wildman–Crippen MR) is 97.0 cm³/mol. The highest BCUT2D eigenvalue weighted by atomic mass is 35.5. The van der Waals surface area contributed by atoms with Crippen molar-refractivity contribution in [3.05, 3.63) is 30.1 Å². The van der Waals surface area contributed by atoms with Gasteiger partial charge in [0.25, 0.3) is 0 Å². The van der Waals surface area contributed by atoms with Crippen LogP contribution in [0.25, 0.3) is 0 Å². The molecular formula is C19H28ClN3O. The Labute approximate surface area is 150 Å². The summed E-state index contributed by atoms with van der Waals surface area (Å²) in [7, 11) is 0. The summed E-state index contributed by atoms with van der Waals surface area (Å²) in [6.07, 6.45) is 11.7. The van der Waals surface area contributed by atoms with Crippen molar-refractivity contribution in [2.45, 2.75) is 44.6 Å². The van der Waals surface area contributed by atoms with Crippen molar-refractivity contribution in [3.8, 4) is 0 Å². The number of hydrogen-bond donors (Lipinski definition) is 1. The van der Waals surface area contributed by atoms with Gasteiger partial charge in [-0.1, -0.05) is 38.2 Å². The van der Waals surface area contributed by atoms with E-state index in [-0.39, 0.29) is 18.4 Å². The average molecular weight is 350 g/mol. The van der Waals surface area contributed by atoms with Gasteiger partial charge >= 0.3 is 0 Å². The molecule has 4 rings (SSSR count). The van der Waals surface area contributed by atoms with Crippen molar-refractivity contribution < 1.29 is 4.79 Å². The van der Waals surface area contributed by atoms with Gasteiger partial charge in [-0.15, -0.1) is 12.4 Å². The molecule has 3 unspecified atom stereocenters. The van der Waals surface area contributed by atoms with E-state index in [1.807, 2.05) is 12.3 Å². The van der Waals surface area contributed by atoms with Gasteiger partial charge in [-0.2, -0.15) is 0 Å². The van der Waals surface area contributed by atoms with Crippen molar-refractivity contribution in [1.82, 2.24) is 15.2 Å². The second kappa shape index (κ2) is 7.83. The molecule has 3 atom stereocenters. The van der Waals surface area contributed by atoms with Gasteiger partial charge in [-0.25, -0.2) is 0 Å². The van der Waals surface area contributed by atoms with E-state index in [2.05, 4.69) is 21.3 Å². The number of nitrogens with one attached hydrogen (secondary N) is 1. The molecule has 0 radical (unpaired) electrons. The predicted octanol–water partition coefficient (Wildman–Crippen LogP) is 3.19. The standard InChI is InChI=1S/C19H27N3O.ClH/c23-19(17-11-16(17)14-5-2-1-3-6-14)22-10-9-21-13-18(22)15-7-4-8-20-12-15;/h4,7-8,12,14,16-18,21H,1-3,5-6,9-11,13H2;1H. The second-order valence-corrected chi connectivity index (χ2v) is 7.44. The summed E-state index contributed by atoms with van der Waals surface area (Å²) < 4.78 is 0. The topological polar surface area (TPSA) is 45.2 Å². The first-order valence-corrected chi connectivity index (χ1v) is 9.25. The van der Waals surface area contributed by atoms with E-state index in [1.165, 1.54) is 32.1 Å². The van der Waals surface area contributed by atoms with Crippen LogP contribution < -0.4 is 5.32 Å². The van der Waals surface area contributed by atoms with E-state index in [0.29, 0.717) is 17.7 Å². The Balaban J connectivity index is 0.00000169. The molecular weight excluding hydrogens is 322 g/mol. The minimum absolute atomic E-state index is 0. The van der Waals surface area contributed by atoms with Crippen molar-refractivity contribution in [2.75, 3.05) is 19.6 Å². The van der Waals surface area contributed by atoms with Gasteiger partial charge in [0.15, 0.2) is 0 Å². The fraction of sp³-hybridized carbons (Fsp3) is 0.684. The maximum Gasteiger partial charge on any atom is 0.226 e. The summed E-state index contributed by atoms with van der Waals surface area (Å²) in [5.74, 6) is 2.19. The fourth-order valence-corrected chi connectivity index (χ4v) is 4.63. The van der Waals surface area contributed by atoms with E-state index in [1.54, 1.807) is 6.20 Å². The molecule has 3 aliphatic rings. The van der Waals surface area contributed by atoms with E-state index in [4.69, 9.17) is 0 Å². The Kier molecular flexibility index (Phi) is 5.77. The van der Waals surface area contributed by atoms with Crippen LogP contribution in [-0.4, -0.2) is 35.4 Å². The van der Waals surface area contributed by atoms with Crippen LogP contribution in [0.2, 0.25) is 0 Å². The van der Waals surface area contributed by atoms with Crippen LogP contribution in [0.15, 0.2) is 24.5 Å². The maximum atomic E-state index is 13.1. The van der Waals surface area contributed by atoms with Crippen LogP contribution in [0.1, 0.15) is 50.1 Å². The highest BCUT2D eigenvalue weighted by molar-refractivity contribution is 5.85. The molecule has 0 bridgehead atoms. The number of piperazine rings is 1. The maximum absolute atomic E-state index is 13.1. The van der Waals surface area contributed by atoms with Gasteiger partial charge in [0, 0.05) is 37.9 Å². The number of halogens is 1. The molecule has 0 spiro atoms. The van der Waals surface area contributed by atoms with Crippen molar-refractivity contribution >= 4 is 18.3 Å². The van der Waals surface area contributed by atoms with E-state index in [0.717, 1.165) is 37.5 Å².